The Morgan fingerprint density at radius 1 is 0.630 bits per heavy atom. The van der Waals surface area contributed by atoms with Crippen LogP contribution in [0.3, 0.4) is 0 Å². The van der Waals surface area contributed by atoms with Gasteiger partial charge in [0.2, 0.25) is 0 Å². The predicted molar refractivity (Wildman–Crippen MR) is 96.9 cm³/mol. The van der Waals surface area contributed by atoms with Crippen LogP contribution in [-0.4, -0.2) is 56.1 Å². The molecule has 1 aliphatic heterocycles. The second kappa shape index (κ2) is 4.33. The SMILES string of the molecule is C1=Nc2nc3c(nc2C1)c1nc2nc[nH]c2nc1c1nc2nc[nH]c2nc31. The lowest BCUT2D eigenvalue weighted by molar-refractivity contribution is 1.17. The summed E-state index contributed by atoms with van der Waals surface area (Å²) in [5, 5.41) is 0. The van der Waals surface area contributed by atoms with Crippen LogP contribution in [0.5, 0.6) is 0 Å². The van der Waals surface area contributed by atoms with Gasteiger partial charge in [0, 0.05) is 12.6 Å². The lowest BCUT2D eigenvalue weighted by Crippen LogP contribution is -1.99. The number of aliphatic imine (C=N–C) groups is 1. The number of aromatic nitrogens is 10. The van der Waals surface area contributed by atoms with Gasteiger partial charge in [0.1, 0.15) is 33.1 Å². The number of fused-ring (bicyclic) bond motifs is 9. The van der Waals surface area contributed by atoms with Crippen molar-refractivity contribution in [1.82, 2.24) is 49.8 Å². The Morgan fingerprint density at radius 2 is 1.19 bits per heavy atom. The van der Waals surface area contributed by atoms with E-state index in [1.807, 2.05) is 0 Å². The number of nitrogens with zero attached hydrogens (tertiary/aromatic N) is 9. The molecule has 0 saturated carbocycles. The molecular weight excluding hydrogens is 346 g/mol. The lowest BCUT2D eigenvalue weighted by atomic mass is 10.2. The van der Waals surface area contributed by atoms with E-state index in [0.717, 1.165) is 5.69 Å². The van der Waals surface area contributed by atoms with Crippen molar-refractivity contribution in [1.29, 1.82) is 0 Å². The van der Waals surface area contributed by atoms with Crippen molar-refractivity contribution in [2.24, 2.45) is 4.99 Å². The fourth-order valence-corrected chi connectivity index (χ4v) is 3.45. The third kappa shape index (κ3) is 1.58. The van der Waals surface area contributed by atoms with Crippen molar-refractivity contribution in [2.45, 2.75) is 6.42 Å². The highest BCUT2D eigenvalue weighted by Gasteiger charge is 2.21. The fourth-order valence-electron chi connectivity index (χ4n) is 3.45. The summed E-state index contributed by atoms with van der Waals surface area (Å²) in [6, 6.07) is 0. The second-order valence-electron chi connectivity index (χ2n) is 6.20. The molecular formula is C16H7N11. The first-order valence-electron chi connectivity index (χ1n) is 8.22. The maximum absolute atomic E-state index is 4.77. The highest BCUT2D eigenvalue weighted by molar-refractivity contribution is 6.19. The quantitative estimate of drug-likeness (QED) is 0.391. The summed E-state index contributed by atoms with van der Waals surface area (Å²) in [5.74, 6) is 0.600. The molecule has 1 aromatic carbocycles. The molecule has 0 unspecified atom stereocenters. The first-order valence-corrected chi connectivity index (χ1v) is 8.22. The number of aromatic amines is 2. The van der Waals surface area contributed by atoms with E-state index in [1.54, 1.807) is 18.9 Å². The summed E-state index contributed by atoms with van der Waals surface area (Å²) in [6.07, 6.45) is 5.55. The summed E-state index contributed by atoms with van der Waals surface area (Å²) < 4.78 is 0. The van der Waals surface area contributed by atoms with Crippen LogP contribution < -0.4 is 0 Å². The molecule has 1 aliphatic rings. The third-order valence-electron chi connectivity index (χ3n) is 4.65. The molecule has 0 atom stereocenters. The maximum atomic E-state index is 4.77. The van der Waals surface area contributed by atoms with Crippen molar-refractivity contribution in [3.63, 3.8) is 0 Å². The zero-order chi connectivity index (χ0) is 17.5. The van der Waals surface area contributed by atoms with Crippen molar-refractivity contribution < 1.29 is 0 Å². The summed E-state index contributed by atoms with van der Waals surface area (Å²) in [4.78, 5) is 46.9. The van der Waals surface area contributed by atoms with Gasteiger partial charge in [-0.1, -0.05) is 0 Å². The van der Waals surface area contributed by atoms with Crippen LogP contribution in [0.2, 0.25) is 0 Å². The van der Waals surface area contributed by atoms with Gasteiger partial charge >= 0.3 is 0 Å². The second-order valence-corrected chi connectivity index (χ2v) is 6.20. The minimum absolute atomic E-state index is 0.502. The van der Waals surface area contributed by atoms with E-state index in [1.165, 1.54) is 0 Å². The van der Waals surface area contributed by atoms with Gasteiger partial charge in [-0.25, -0.2) is 44.9 Å². The zero-order valence-corrected chi connectivity index (χ0v) is 13.5. The number of hydrogen-bond acceptors (Lipinski definition) is 9. The van der Waals surface area contributed by atoms with Crippen LogP contribution in [-0.2, 0) is 6.42 Å². The summed E-state index contributed by atoms with van der Waals surface area (Å²) >= 11 is 0. The molecule has 0 saturated heterocycles. The number of rotatable bonds is 0. The molecule has 0 bridgehead atoms. The van der Waals surface area contributed by atoms with E-state index in [-0.39, 0.29) is 0 Å². The zero-order valence-electron chi connectivity index (χ0n) is 13.5. The molecule has 27 heavy (non-hydrogen) atoms. The highest BCUT2D eigenvalue weighted by atomic mass is 15.1. The minimum atomic E-state index is 0.502. The van der Waals surface area contributed by atoms with E-state index < -0.39 is 0 Å². The molecule has 0 radical (unpaired) electrons. The molecule has 2 N–H and O–H groups in total. The monoisotopic (exact) mass is 353 g/mol. The van der Waals surface area contributed by atoms with Crippen molar-refractivity contribution in [3.05, 3.63) is 18.3 Å². The van der Waals surface area contributed by atoms with Crippen molar-refractivity contribution in [2.75, 3.05) is 0 Å². The minimum Gasteiger partial charge on any atom is -0.328 e. The van der Waals surface area contributed by atoms with E-state index in [0.29, 0.717) is 67.9 Å². The van der Waals surface area contributed by atoms with Gasteiger partial charge in [-0.05, 0) is 0 Å². The molecule has 0 spiro atoms. The van der Waals surface area contributed by atoms with E-state index in [2.05, 4.69) is 44.9 Å². The number of hydrogen-bond donors (Lipinski definition) is 2. The molecule has 5 aromatic heterocycles. The van der Waals surface area contributed by atoms with Crippen LogP contribution in [0.25, 0.3) is 55.7 Å². The van der Waals surface area contributed by atoms with Crippen molar-refractivity contribution in [3.8, 4) is 0 Å². The smallest absolute Gasteiger partial charge is 0.197 e. The van der Waals surface area contributed by atoms with Gasteiger partial charge in [0.25, 0.3) is 0 Å². The average Bonchev–Trinajstić information content (AvgIpc) is 3.43. The van der Waals surface area contributed by atoms with Gasteiger partial charge in [-0.3, -0.25) is 0 Å². The third-order valence-corrected chi connectivity index (χ3v) is 4.65. The molecule has 7 rings (SSSR count). The highest BCUT2D eigenvalue weighted by Crippen LogP contribution is 2.33. The first kappa shape index (κ1) is 13.1. The molecule has 6 aromatic rings. The molecule has 0 fully saturated rings. The molecule has 11 heteroatoms. The van der Waals surface area contributed by atoms with Crippen LogP contribution >= 0.6 is 0 Å². The number of imidazole rings is 2. The summed E-state index contributed by atoms with van der Waals surface area (Å²) in [7, 11) is 0. The summed E-state index contributed by atoms with van der Waals surface area (Å²) in [6.45, 7) is 0. The first-order chi connectivity index (χ1) is 13.3. The predicted octanol–water partition coefficient (Wildman–Crippen LogP) is 1.53. The van der Waals surface area contributed by atoms with Crippen molar-refractivity contribution >= 4 is 67.7 Å². The molecule has 6 heterocycles. The van der Waals surface area contributed by atoms with E-state index >= 15 is 0 Å². The van der Waals surface area contributed by atoms with Gasteiger partial charge in [-0.2, -0.15) is 0 Å². The Kier molecular flexibility index (Phi) is 2.10. The molecule has 11 nitrogen and oxygen atoms in total. The van der Waals surface area contributed by atoms with Crippen LogP contribution in [0.1, 0.15) is 5.69 Å². The van der Waals surface area contributed by atoms with Gasteiger partial charge in [-0.15, -0.1) is 0 Å². The van der Waals surface area contributed by atoms with Crippen LogP contribution in [0.4, 0.5) is 5.82 Å². The van der Waals surface area contributed by atoms with E-state index in [9.17, 15) is 0 Å². The normalized spacial score (nSPS) is 13.6. The summed E-state index contributed by atoms with van der Waals surface area (Å²) in [5.41, 5.74) is 6.49. The number of nitrogens with one attached hydrogen (secondary N) is 2. The number of benzene rings is 1. The van der Waals surface area contributed by atoms with E-state index in [4.69, 9.17) is 9.97 Å². The van der Waals surface area contributed by atoms with Gasteiger partial charge in [0.15, 0.2) is 28.4 Å². The molecule has 0 aliphatic carbocycles. The average molecular weight is 353 g/mol. The Labute approximate surface area is 148 Å². The largest absolute Gasteiger partial charge is 0.328 e. The topological polar surface area (TPSA) is 147 Å². The Balaban J connectivity index is 1.83. The Bertz CT molecular complexity index is 1610. The van der Waals surface area contributed by atoms with Gasteiger partial charge in [0.05, 0.1) is 18.3 Å². The standard InChI is InChI=1S/C16H7N11/c1-2-17-12-5(1)22-6-7(23-12)9-11(27-16-15(25-9)20-4-21-16)10-8(6)24-13-14(26-10)19-3-18-13/h2-4H,1H2,(H,18,19,24,26)(H,20,21,25,27). The van der Waals surface area contributed by atoms with Gasteiger partial charge < -0.3 is 9.97 Å². The van der Waals surface area contributed by atoms with Crippen LogP contribution in [0, 0.1) is 0 Å². The van der Waals surface area contributed by atoms with Crippen LogP contribution in [0.15, 0.2) is 17.6 Å². The Hall–Kier alpha value is -4.15. The molecule has 0 amide bonds. The maximum Gasteiger partial charge on any atom is 0.197 e. The Morgan fingerprint density at radius 3 is 1.85 bits per heavy atom. The molecule has 126 valence electrons. The fraction of sp³-hybridized carbons (Fsp3) is 0.0625. The lowest BCUT2D eigenvalue weighted by Gasteiger charge is -2.08. The number of H-pyrrole nitrogens is 2.